The third kappa shape index (κ3) is 2.23. The van der Waals surface area contributed by atoms with E-state index in [1.165, 1.54) is 0 Å². The van der Waals surface area contributed by atoms with Gasteiger partial charge in [-0.3, -0.25) is 4.79 Å². The number of phenols is 2. The predicted octanol–water partition coefficient (Wildman–Crippen LogP) is 3.41. The number of phenolic OH excluding ortho intramolecular Hbond substituents is 2. The summed E-state index contributed by atoms with van der Waals surface area (Å²) in [7, 11) is 0. The van der Waals surface area contributed by atoms with Crippen LogP contribution in [0.25, 0.3) is 21.9 Å². The molecule has 0 saturated heterocycles. The third-order valence-electron chi connectivity index (χ3n) is 4.52. The van der Waals surface area contributed by atoms with Crippen molar-refractivity contribution in [2.75, 3.05) is 0 Å². The summed E-state index contributed by atoms with van der Waals surface area (Å²) in [5.74, 6) is -0.239. The maximum atomic E-state index is 12.3. The van der Waals surface area contributed by atoms with E-state index in [1.54, 1.807) is 18.2 Å². The average molecular weight is 320 g/mol. The monoisotopic (exact) mass is 320 g/mol. The molecular formula is C20H16O4. The van der Waals surface area contributed by atoms with E-state index in [4.69, 9.17) is 0 Å². The van der Waals surface area contributed by atoms with Crippen molar-refractivity contribution in [3.8, 4) is 22.6 Å². The molecule has 0 spiro atoms. The minimum atomic E-state index is -0.729. The van der Waals surface area contributed by atoms with Crippen LogP contribution in [0.4, 0.5) is 0 Å². The number of aliphatic hydroxyl groups is 1. The van der Waals surface area contributed by atoms with E-state index in [9.17, 15) is 20.1 Å². The minimum Gasteiger partial charge on any atom is -0.508 e. The molecular weight excluding hydrogens is 304 g/mol. The molecule has 3 N–H and O–H groups in total. The van der Waals surface area contributed by atoms with Crippen molar-refractivity contribution in [3.63, 3.8) is 0 Å². The molecule has 0 unspecified atom stereocenters. The van der Waals surface area contributed by atoms with Gasteiger partial charge in [0.2, 0.25) is 0 Å². The SMILES string of the molecule is O=C1C[C@H](O)Cc2cc3cc(O)cc(-c4ccccc4)c3c(O)c21. The van der Waals surface area contributed by atoms with Crippen LogP contribution in [0.3, 0.4) is 0 Å². The zero-order valence-corrected chi connectivity index (χ0v) is 12.9. The lowest BCUT2D eigenvalue weighted by Gasteiger charge is -2.22. The van der Waals surface area contributed by atoms with Crippen LogP contribution in [0.1, 0.15) is 22.3 Å². The Labute approximate surface area is 138 Å². The second-order valence-corrected chi connectivity index (χ2v) is 6.20. The van der Waals surface area contributed by atoms with Gasteiger partial charge in [-0.2, -0.15) is 0 Å². The number of benzene rings is 3. The Bertz CT molecular complexity index is 961. The number of aliphatic hydroxyl groups excluding tert-OH is 1. The molecule has 0 bridgehead atoms. The lowest BCUT2D eigenvalue weighted by atomic mass is 9.84. The molecule has 0 saturated carbocycles. The number of hydrogen-bond acceptors (Lipinski definition) is 4. The number of carbonyl (C=O) groups excluding carboxylic acids is 1. The molecule has 3 aromatic rings. The van der Waals surface area contributed by atoms with Crippen molar-refractivity contribution in [3.05, 3.63) is 59.7 Å². The second-order valence-electron chi connectivity index (χ2n) is 6.20. The van der Waals surface area contributed by atoms with Gasteiger partial charge in [-0.1, -0.05) is 30.3 Å². The van der Waals surface area contributed by atoms with Gasteiger partial charge in [-0.15, -0.1) is 0 Å². The van der Waals surface area contributed by atoms with E-state index in [2.05, 4.69) is 0 Å². The van der Waals surface area contributed by atoms with E-state index >= 15 is 0 Å². The molecule has 1 aliphatic rings. The number of Topliss-reactive ketones (excluding diaryl/α,β-unsaturated/α-hetero) is 1. The van der Waals surface area contributed by atoms with E-state index in [0.717, 1.165) is 5.56 Å². The molecule has 3 aromatic carbocycles. The highest BCUT2D eigenvalue weighted by molar-refractivity contribution is 6.11. The van der Waals surface area contributed by atoms with Crippen molar-refractivity contribution in [1.82, 2.24) is 0 Å². The van der Waals surface area contributed by atoms with E-state index in [0.29, 0.717) is 28.3 Å². The summed E-state index contributed by atoms with van der Waals surface area (Å²) in [5.41, 5.74) is 2.42. The van der Waals surface area contributed by atoms with E-state index in [1.807, 2.05) is 30.3 Å². The number of carbonyl (C=O) groups is 1. The first-order chi connectivity index (χ1) is 11.5. The second kappa shape index (κ2) is 5.35. The fourth-order valence-corrected chi connectivity index (χ4v) is 3.52. The summed E-state index contributed by atoms with van der Waals surface area (Å²) in [6.07, 6.45) is -0.390. The molecule has 0 fully saturated rings. The van der Waals surface area contributed by atoms with Crippen LogP contribution >= 0.6 is 0 Å². The predicted molar refractivity (Wildman–Crippen MR) is 91.4 cm³/mol. The summed E-state index contributed by atoms with van der Waals surface area (Å²) in [4.78, 5) is 12.3. The number of fused-ring (bicyclic) bond motifs is 2. The largest absolute Gasteiger partial charge is 0.508 e. The Balaban J connectivity index is 2.09. The first-order valence-electron chi connectivity index (χ1n) is 7.83. The zero-order chi connectivity index (χ0) is 16.8. The van der Waals surface area contributed by atoms with Crippen molar-refractivity contribution in [2.45, 2.75) is 18.9 Å². The molecule has 1 atom stereocenters. The summed E-state index contributed by atoms with van der Waals surface area (Å²) >= 11 is 0. The minimum absolute atomic E-state index is 0.0187. The van der Waals surface area contributed by atoms with Crippen LogP contribution in [0, 0.1) is 0 Å². The Hall–Kier alpha value is -2.85. The molecule has 0 amide bonds. The molecule has 0 radical (unpaired) electrons. The maximum absolute atomic E-state index is 12.3. The molecule has 120 valence electrons. The topological polar surface area (TPSA) is 77.8 Å². The van der Waals surface area contributed by atoms with Crippen molar-refractivity contribution in [2.24, 2.45) is 0 Å². The van der Waals surface area contributed by atoms with Crippen molar-refractivity contribution < 1.29 is 20.1 Å². The fourth-order valence-electron chi connectivity index (χ4n) is 3.52. The number of rotatable bonds is 1. The van der Waals surface area contributed by atoms with Crippen LogP contribution in [0.2, 0.25) is 0 Å². The van der Waals surface area contributed by atoms with Gasteiger partial charge in [0.25, 0.3) is 0 Å². The maximum Gasteiger partial charge on any atom is 0.169 e. The van der Waals surface area contributed by atoms with E-state index < -0.39 is 6.10 Å². The van der Waals surface area contributed by atoms with Gasteiger partial charge in [-0.05, 0) is 46.7 Å². The van der Waals surface area contributed by atoms with Crippen LogP contribution in [-0.2, 0) is 6.42 Å². The van der Waals surface area contributed by atoms with Crippen LogP contribution in [0.15, 0.2) is 48.5 Å². The van der Waals surface area contributed by atoms with Crippen molar-refractivity contribution in [1.29, 1.82) is 0 Å². The van der Waals surface area contributed by atoms with Gasteiger partial charge in [-0.25, -0.2) is 0 Å². The van der Waals surface area contributed by atoms with Gasteiger partial charge < -0.3 is 15.3 Å². The van der Waals surface area contributed by atoms with Crippen LogP contribution < -0.4 is 0 Å². The standard InChI is InChI=1S/C20H16O4/c21-14-7-12-6-13-8-15(22)10-17(23)19(13)20(24)18(12)16(9-14)11-4-2-1-3-5-11/h1-7,9,15,21-22,24H,8,10H2/t15-/m1/s1. The average Bonchev–Trinajstić information content (AvgIpc) is 2.53. The van der Waals surface area contributed by atoms with Gasteiger partial charge in [0.15, 0.2) is 5.78 Å². The Morgan fingerprint density at radius 3 is 2.46 bits per heavy atom. The molecule has 0 heterocycles. The van der Waals surface area contributed by atoms with Gasteiger partial charge in [0.1, 0.15) is 11.5 Å². The third-order valence-corrected chi connectivity index (χ3v) is 4.52. The first-order valence-corrected chi connectivity index (χ1v) is 7.83. The number of ketones is 1. The molecule has 4 rings (SSSR count). The smallest absolute Gasteiger partial charge is 0.169 e. The lowest BCUT2D eigenvalue weighted by Crippen LogP contribution is -2.24. The summed E-state index contributed by atoms with van der Waals surface area (Å²) in [6.45, 7) is 0. The lowest BCUT2D eigenvalue weighted by molar-refractivity contribution is 0.0850. The van der Waals surface area contributed by atoms with Crippen LogP contribution in [0.5, 0.6) is 11.5 Å². The van der Waals surface area contributed by atoms with Crippen LogP contribution in [-0.4, -0.2) is 27.2 Å². The summed E-state index contributed by atoms with van der Waals surface area (Å²) in [5, 5.41) is 31.9. The number of hydrogen-bond donors (Lipinski definition) is 3. The first kappa shape index (κ1) is 14.7. The molecule has 1 aliphatic carbocycles. The van der Waals surface area contributed by atoms with E-state index in [-0.39, 0.29) is 29.3 Å². The molecule has 0 aromatic heterocycles. The zero-order valence-electron chi connectivity index (χ0n) is 12.9. The van der Waals surface area contributed by atoms with Crippen molar-refractivity contribution >= 4 is 16.6 Å². The summed E-state index contributed by atoms with van der Waals surface area (Å²) < 4.78 is 0. The Morgan fingerprint density at radius 2 is 1.71 bits per heavy atom. The molecule has 4 nitrogen and oxygen atoms in total. The normalized spacial score (nSPS) is 17.0. The summed E-state index contributed by atoms with van der Waals surface area (Å²) in [6, 6.07) is 14.3. The fraction of sp³-hybridized carbons (Fsp3) is 0.150. The highest BCUT2D eigenvalue weighted by Crippen LogP contribution is 2.42. The highest BCUT2D eigenvalue weighted by Gasteiger charge is 2.28. The molecule has 4 heteroatoms. The quantitative estimate of drug-likeness (QED) is 0.642. The van der Waals surface area contributed by atoms with Gasteiger partial charge >= 0.3 is 0 Å². The Kier molecular flexibility index (Phi) is 3.28. The highest BCUT2D eigenvalue weighted by atomic mass is 16.3. The van der Waals surface area contributed by atoms with Gasteiger partial charge in [0, 0.05) is 11.8 Å². The number of aromatic hydroxyl groups is 2. The Morgan fingerprint density at radius 1 is 0.958 bits per heavy atom. The molecule has 24 heavy (non-hydrogen) atoms. The molecule has 0 aliphatic heterocycles. The van der Waals surface area contributed by atoms with Gasteiger partial charge in [0.05, 0.1) is 11.7 Å².